The summed E-state index contributed by atoms with van der Waals surface area (Å²) in [7, 11) is -4.06. The number of nitriles is 1. The van der Waals surface area contributed by atoms with Gasteiger partial charge in [-0.2, -0.15) is 13.7 Å². The third kappa shape index (κ3) is 6.28. The van der Waals surface area contributed by atoms with Gasteiger partial charge in [0.15, 0.2) is 0 Å². The summed E-state index contributed by atoms with van der Waals surface area (Å²) in [5, 5.41) is 8.78. The van der Waals surface area contributed by atoms with Gasteiger partial charge in [-0.3, -0.25) is 4.52 Å². The summed E-state index contributed by atoms with van der Waals surface area (Å²) < 4.78 is 53.2. The van der Waals surface area contributed by atoms with Crippen molar-refractivity contribution >= 4 is 28.3 Å². The van der Waals surface area contributed by atoms with E-state index in [2.05, 4.69) is 0 Å². The van der Waals surface area contributed by atoms with Gasteiger partial charge in [-0.15, -0.1) is 0 Å². The summed E-state index contributed by atoms with van der Waals surface area (Å²) in [6.45, 7) is 0.545. The molecule has 150 valence electrons. The Hall–Kier alpha value is -1.98. The van der Waals surface area contributed by atoms with Gasteiger partial charge < -0.3 is 8.71 Å². The minimum atomic E-state index is -4.06. The molecular formula is C18H20NO6PS2. The largest absolute Gasteiger partial charge is 0.440 e. The lowest BCUT2D eigenvalue weighted by atomic mass is 10.2. The first-order chi connectivity index (χ1) is 13.3. The molecule has 28 heavy (non-hydrogen) atoms. The highest BCUT2D eigenvalue weighted by molar-refractivity contribution is 8.55. The van der Waals surface area contributed by atoms with Gasteiger partial charge in [-0.05, 0) is 73.3 Å². The molecule has 0 aromatic heterocycles. The molecule has 2 rings (SSSR count). The molecule has 7 nitrogen and oxygen atoms in total. The van der Waals surface area contributed by atoms with Crippen molar-refractivity contribution in [3.63, 3.8) is 0 Å². The molecule has 0 amide bonds. The van der Waals surface area contributed by atoms with E-state index < -0.39 is 16.9 Å². The highest BCUT2D eigenvalue weighted by Gasteiger charge is 2.27. The Balaban J connectivity index is 2.13. The van der Waals surface area contributed by atoms with Crippen molar-refractivity contribution in [2.24, 2.45) is 0 Å². The van der Waals surface area contributed by atoms with Crippen molar-refractivity contribution in [1.29, 1.82) is 5.26 Å². The predicted octanol–water partition coefficient (Wildman–Crippen LogP) is 4.99. The molecule has 0 saturated carbocycles. The third-order valence-electron chi connectivity index (χ3n) is 3.26. The van der Waals surface area contributed by atoms with Crippen molar-refractivity contribution in [1.82, 2.24) is 0 Å². The quantitative estimate of drug-likeness (QED) is 0.375. The molecule has 0 saturated heterocycles. The van der Waals surface area contributed by atoms with Crippen LogP contribution in [0.2, 0.25) is 0 Å². The molecule has 0 heterocycles. The van der Waals surface area contributed by atoms with Crippen molar-refractivity contribution in [3.8, 4) is 17.6 Å². The van der Waals surface area contributed by atoms with E-state index in [0.29, 0.717) is 11.3 Å². The van der Waals surface area contributed by atoms with E-state index >= 15 is 0 Å². The summed E-state index contributed by atoms with van der Waals surface area (Å²) in [6.07, 6.45) is 0.814. The van der Waals surface area contributed by atoms with Gasteiger partial charge in [-0.1, -0.05) is 6.92 Å². The van der Waals surface area contributed by atoms with Crippen LogP contribution in [0.4, 0.5) is 0 Å². The van der Waals surface area contributed by atoms with Gasteiger partial charge in [0.1, 0.15) is 16.4 Å². The lowest BCUT2D eigenvalue weighted by molar-refractivity contribution is 0.296. The molecule has 0 N–H and O–H groups in total. The zero-order valence-corrected chi connectivity index (χ0v) is 17.9. The number of nitrogens with zero attached hydrogens (tertiary/aromatic N) is 1. The zero-order valence-electron chi connectivity index (χ0n) is 15.4. The average molecular weight is 441 g/mol. The molecule has 0 aliphatic rings. The summed E-state index contributed by atoms with van der Waals surface area (Å²) in [5.74, 6) is 0.941. The summed E-state index contributed by atoms with van der Waals surface area (Å²) in [5.41, 5.74) is 0.394. The van der Waals surface area contributed by atoms with Crippen LogP contribution < -0.4 is 8.71 Å². The lowest BCUT2D eigenvalue weighted by Crippen LogP contribution is -2.09. The first-order valence-corrected chi connectivity index (χ1v) is 13.0. The maximum atomic E-state index is 12.7. The van der Waals surface area contributed by atoms with Crippen LogP contribution >= 0.6 is 18.2 Å². The van der Waals surface area contributed by atoms with Crippen molar-refractivity contribution in [2.75, 3.05) is 12.4 Å². The molecule has 1 unspecified atom stereocenters. The second-order valence-electron chi connectivity index (χ2n) is 5.43. The maximum Gasteiger partial charge on any atom is 0.440 e. The molecule has 1 atom stereocenters. The molecule has 0 bridgehead atoms. The second kappa shape index (κ2) is 9.99. The molecule has 2 aromatic carbocycles. The van der Waals surface area contributed by atoms with E-state index in [9.17, 15) is 13.0 Å². The van der Waals surface area contributed by atoms with Gasteiger partial charge >= 0.3 is 16.9 Å². The molecule has 2 aromatic rings. The normalized spacial score (nSPS) is 13.3. The lowest BCUT2D eigenvalue weighted by Gasteiger charge is -2.17. The Labute approximate surface area is 169 Å². The summed E-state index contributed by atoms with van der Waals surface area (Å²) >= 11 is 1.10. The number of rotatable bonds is 10. The van der Waals surface area contributed by atoms with Gasteiger partial charge in [-0.25, -0.2) is 4.57 Å². The monoisotopic (exact) mass is 441 g/mol. The van der Waals surface area contributed by atoms with E-state index in [1.165, 1.54) is 48.5 Å². The molecule has 10 heteroatoms. The first-order valence-electron chi connectivity index (χ1n) is 8.45. The Morgan fingerprint density at radius 2 is 1.64 bits per heavy atom. The molecule has 0 aliphatic carbocycles. The van der Waals surface area contributed by atoms with Crippen LogP contribution in [0, 0.1) is 11.3 Å². The molecular weight excluding hydrogens is 421 g/mol. The van der Waals surface area contributed by atoms with E-state index in [4.69, 9.17) is 18.5 Å². The van der Waals surface area contributed by atoms with Gasteiger partial charge in [0.05, 0.1) is 18.2 Å². The van der Waals surface area contributed by atoms with E-state index in [1.54, 1.807) is 6.92 Å². The maximum absolute atomic E-state index is 12.7. The highest BCUT2D eigenvalue weighted by atomic mass is 32.7. The van der Waals surface area contributed by atoms with Crippen LogP contribution in [-0.2, 0) is 19.2 Å². The SMILES string of the molecule is CCCSP(=O)(OCC)Oc1ccc(S(=O)(=O)Oc2ccc(C#N)cc2)cc1. The van der Waals surface area contributed by atoms with Crippen molar-refractivity contribution < 1.29 is 26.2 Å². The predicted molar refractivity (Wildman–Crippen MR) is 108 cm³/mol. The standard InChI is InChI=1S/C18H20NO6PS2/c1-3-13-27-26(20,23-4-2)24-16-9-11-18(12-10-16)28(21,22)25-17-7-5-15(14-19)6-8-17/h5-12H,3-4,13H2,1-2H3. The third-order valence-corrected chi connectivity index (χ3v) is 8.47. The molecule has 0 fully saturated rings. The molecule has 0 spiro atoms. The fourth-order valence-electron chi connectivity index (χ4n) is 2.01. The smallest absolute Gasteiger partial charge is 0.417 e. The van der Waals surface area contributed by atoms with Crippen LogP contribution in [0.3, 0.4) is 0 Å². The number of benzene rings is 2. The second-order valence-corrected chi connectivity index (χ2v) is 11.1. The van der Waals surface area contributed by atoms with Crippen LogP contribution in [0.15, 0.2) is 53.4 Å². The topological polar surface area (TPSA) is 103 Å². The Kier molecular flexibility index (Phi) is 7.96. The van der Waals surface area contributed by atoms with Gasteiger partial charge in [0, 0.05) is 5.75 Å². The van der Waals surface area contributed by atoms with Gasteiger partial charge in [0.25, 0.3) is 0 Å². The van der Waals surface area contributed by atoms with Crippen LogP contribution in [-0.4, -0.2) is 20.8 Å². The Morgan fingerprint density at radius 1 is 1.04 bits per heavy atom. The van der Waals surface area contributed by atoms with E-state index in [1.807, 2.05) is 13.0 Å². The van der Waals surface area contributed by atoms with E-state index in [0.717, 1.165) is 17.8 Å². The Bertz CT molecular complexity index is 969. The minimum Gasteiger partial charge on any atom is -0.417 e. The van der Waals surface area contributed by atoms with Crippen molar-refractivity contribution in [3.05, 3.63) is 54.1 Å². The zero-order chi connectivity index (χ0) is 20.6. The summed E-state index contributed by atoms with van der Waals surface area (Å²) in [6, 6.07) is 13.1. The molecule has 0 radical (unpaired) electrons. The average Bonchev–Trinajstić information content (AvgIpc) is 2.67. The molecule has 0 aliphatic heterocycles. The van der Waals surface area contributed by atoms with Crippen LogP contribution in [0.1, 0.15) is 25.8 Å². The first kappa shape index (κ1) is 22.3. The fraction of sp³-hybridized carbons (Fsp3) is 0.278. The number of hydrogen-bond acceptors (Lipinski definition) is 8. The van der Waals surface area contributed by atoms with Crippen LogP contribution in [0.5, 0.6) is 11.5 Å². The van der Waals surface area contributed by atoms with Crippen LogP contribution in [0.25, 0.3) is 0 Å². The summed E-state index contributed by atoms with van der Waals surface area (Å²) in [4.78, 5) is -0.0864. The van der Waals surface area contributed by atoms with Crippen molar-refractivity contribution in [2.45, 2.75) is 25.2 Å². The highest BCUT2D eigenvalue weighted by Crippen LogP contribution is 2.60. The fourth-order valence-corrected chi connectivity index (χ4v) is 6.39. The van der Waals surface area contributed by atoms with E-state index in [-0.39, 0.29) is 23.0 Å². The van der Waals surface area contributed by atoms with Gasteiger partial charge in [0.2, 0.25) is 0 Å². The Morgan fingerprint density at radius 3 is 2.18 bits per heavy atom. The number of hydrogen-bond donors (Lipinski definition) is 0. The minimum absolute atomic E-state index is 0.0864.